The van der Waals surface area contributed by atoms with E-state index in [0.29, 0.717) is 11.5 Å². The van der Waals surface area contributed by atoms with Gasteiger partial charge in [0.1, 0.15) is 5.01 Å². The highest BCUT2D eigenvalue weighted by Crippen LogP contribution is 2.21. The lowest BCUT2D eigenvalue weighted by Gasteiger charge is -2.03. The highest BCUT2D eigenvalue weighted by molar-refractivity contribution is 7.13. The van der Waals surface area contributed by atoms with Gasteiger partial charge in [-0.2, -0.15) is 0 Å². The Morgan fingerprint density at radius 2 is 1.75 bits per heavy atom. The molecule has 6 heteroatoms. The van der Waals surface area contributed by atoms with Crippen LogP contribution in [0.4, 0.5) is 5.95 Å². The van der Waals surface area contributed by atoms with Crippen LogP contribution in [0.3, 0.4) is 0 Å². The molecule has 3 aromatic rings. The predicted molar refractivity (Wildman–Crippen MR) is 77.5 cm³/mol. The molecular weight excluding hydrogens is 272 g/mol. The Labute approximate surface area is 119 Å². The minimum Gasteiger partial charge on any atom is -0.290 e. The molecule has 2 aromatic heterocycles. The van der Waals surface area contributed by atoms with E-state index in [1.807, 2.05) is 17.5 Å². The molecule has 1 aromatic carbocycles. The van der Waals surface area contributed by atoms with Crippen LogP contribution in [0.25, 0.3) is 10.6 Å². The zero-order chi connectivity index (χ0) is 13.8. The smallest absolute Gasteiger partial charge is 0.258 e. The van der Waals surface area contributed by atoms with Gasteiger partial charge in [-0.1, -0.05) is 12.1 Å². The van der Waals surface area contributed by atoms with Crippen molar-refractivity contribution in [2.24, 2.45) is 0 Å². The third-order valence-electron chi connectivity index (χ3n) is 2.62. The van der Waals surface area contributed by atoms with Gasteiger partial charge in [-0.05, 0) is 18.2 Å². The normalized spacial score (nSPS) is 10.2. The first-order chi connectivity index (χ1) is 9.83. The lowest BCUT2D eigenvalue weighted by atomic mass is 10.1. The summed E-state index contributed by atoms with van der Waals surface area (Å²) in [5.74, 6) is 0.0587. The van der Waals surface area contributed by atoms with Crippen molar-refractivity contribution in [2.75, 3.05) is 5.32 Å². The van der Waals surface area contributed by atoms with Crippen LogP contribution >= 0.6 is 11.3 Å². The molecule has 0 aliphatic heterocycles. The van der Waals surface area contributed by atoms with Crippen LogP contribution < -0.4 is 5.32 Å². The van der Waals surface area contributed by atoms with Crippen LogP contribution in [-0.2, 0) is 0 Å². The molecule has 1 N–H and O–H groups in total. The third kappa shape index (κ3) is 2.70. The average Bonchev–Trinajstić information content (AvgIpc) is 3.03. The van der Waals surface area contributed by atoms with Gasteiger partial charge in [-0.15, -0.1) is 11.3 Å². The fourth-order valence-electron chi connectivity index (χ4n) is 1.67. The summed E-state index contributed by atoms with van der Waals surface area (Å²) in [4.78, 5) is 24.1. The number of amides is 1. The number of benzene rings is 1. The number of carbonyl (C=O) groups excluding carboxylic acids is 1. The molecule has 0 fully saturated rings. The molecule has 2 heterocycles. The Bertz CT molecular complexity index is 696. The van der Waals surface area contributed by atoms with Crippen molar-refractivity contribution >= 4 is 23.2 Å². The van der Waals surface area contributed by atoms with Crippen molar-refractivity contribution < 1.29 is 4.79 Å². The van der Waals surface area contributed by atoms with Crippen LogP contribution in [-0.4, -0.2) is 20.9 Å². The van der Waals surface area contributed by atoms with Crippen LogP contribution in [0.5, 0.6) is 0 Å². The number of nitrogens with one attached hydrogen (secondary N) is 1. The fraction of sp³-hybridized carbons (Fsp3) is 0. The Morgan fingerprint density at radius 3 is 2.40 bits per heavy atom. The SMILES string of the molecule is O=C(Nc1ncccn1)c1ccc(-c2nccs2)cc1. The van der Waals surface area contributed by atoms with E-state index in [0.717, 1.165) is 10.6 Å². The number of hydrogen-bond acceptors (Lipinski definition) is 5. The molecule has 0 unspecified atom stereocenters. The molecule has 98 valence electrons. The molecule has 1 amide bonds. The molecule has 5 nitrogen and oxygen atoms in total. The van der Waals surface area contributed by atoms with Gasteiger partial charge < -0.3 is 0 Å². The van der Waals surface area contributed by atoms with Gasteiger partial charge in [0, 0.05) is 35.1 Å². The second kappa shape index (κ2) is 5.58. The van der Waals surface area contributed by atoms with Gasteiger partial charge in [-0.3, -0.25) is 10.1 Å². The summed E-state index contributed by atoms with van der Waals surface area (Å²) in [7, 11) is 0. The molecule has 0 bridgehead atoms. The summed E-state index contributed by atoms with van der Waals surface area (Å²) in [6, 6.07) is 8.96. The van der Waals surface area contributed by atoms with Crippen molar-refractivity contribution in [3.8, 4) is 10.6 Å². The van der Waals surface area contributed by atoms with Crippen molar-refractivity contribution in [3.05, 3.63) is 59.9 Å². The minimum absolute atomic E-state index is 0.234. The molecule has 0 aliphatic rings. The minimum atomic E-state index is -0.234. The first-order valence-corrected chi connectivity index (χ1v) is 6.79. The standard InChI is InChI=1S/C14H10N4OS/c19-12(18-14-16-6-1-7-17-14)10-2-4-11(5-3-10)13-15-8-9-20-13/h1-9H,(H,16,17,18,19). The number of thiazole rings is 1. The number of hydrogen-bond donors (Lipinski definition) is 1. The van der Waals surface area contributed by atoms with Crippen LogP contribution in [0.1, 0.15) is 10.4 Å². The van der Waals surface area contributed by atoms with E-state index in [-0.39, 0.29) is 5.91 Å². The van der Waals surface area contributed by atoms with Gasteiger partial charge in [-0.25, -0.2) is 15.0 Å². The van der Waals surface area contributed by atoms with E-state index >= 15 is 0 Å². The Morgan fingerprint density at radius 1 is 1.00 bits per heavy atom. The molecule has 0 atom stereocenters. The Balaban J connectivity index is 1.76. The molecule has 0 saturated heterocycles. The Kier molecular flexibility index (Phi) is 3.47. The number of carbonyl (C=O) groups is 1. The maximum atomic E-state index is 12.0. The summed E-state index contributed by atoms with van der Waals surface area (Å²) in [5.41, 5.74) is 1.55. The molecule has 0 saturated carbocycles. The van der Waals surface area contributed by atoms with E-state index in [4.69, 9.17) is 0 Å². The van der Waals surface area contributed by atoms with Gasteiger partial charge in [0.2, 0.25) is 5.95 Å². The van der Waals surface area contributed by atoms with Crippen molar-refractivity contribution in [2.45, 2.75) is 0 Å². The molecular formula is C14H10N4OS. The third-order valence-corrected chi connectivity index (χ3v) is 3.44. The lowest BCUT2D eigenvalue weighted by Crippen LogP contribution is -2.13. The fourth-order valence-corrected chi connectivity index (χ4v) is 2.31. The van der Waals surface area contributed by atoms with Crippen LogP contribution in [0.15, 0.2) is 54.3 Å². The van der Waals surface area contributed by atoms with E-state index in [1.54, 1.807) is 48.1 Å². The summed E-state index contributed by atoms with van der Waals surface area (Å²) >= 11 is 1.56. The van der Waals surface area contributed by atoms with E-state index in [9.17, 15) is 4.79 Å². The average molecular weight is 282 g/mol. The monoisotopic (exact) mass is 282 g/mol. The van der Waals surface area contributed by atoms with Crippen molar-refractivity contribution in [1.29, 1.82) is 0 Å². The predicted octanol–water partition coefficient (Wildman–Crippen LogP) is 2.85. The molecule has 0 radical (unpaired) electrons. The maximum absolute atomic E-state index is 12.0. The highest BCUT2D eigenvalue weighted by Gasteiger charge is 2.08. The largest absolute Gasteiger partial charge is 0.290 e. The molecule has 0 aliphatic carbocycles. The van der Waals surface area contributed by atoms with Crippen molar-refractivity contribution in [1.82, 2.24) is 15.0 Å². The number of rotatable bonds is 3. The zero-order valence-electron chi connectivity index (χ0n) is 10.4. The second-order valence-electron chi connectivity index (χ2n) is 3.94. The number of aromatic nitrogens is 3. The van der Waals surface area contributed by atoms with E-state index in [1.165, 1.54) is 0 Å². The Hall–Kier alpha value is -2.60. The van der Waals surface area contributed by atoms with Gasteiger partial charge in [0.05, 0.1) is 0 Å². The van der Waals surface area contributed by atoms with Gasteiger partial charge in [0.15, 0.2) is 0 Å². The molecule has 0 spiro atoms. The van der Waals surface area contributed by atoms with Gasteiger partial charge >= 0.3 is 0 Å². The number of anilines is 1. The van der Waals surface area contributed by atoms with Crippen molar-refractivity contribution in [3.63, 3.8) is 0 Å². The van der Waals surface area contributed by atoms with Gasteiger partial charge in [0.25, 0.3) is 5.91 Å². The topological polar surface area (TPSA) is 67.8 Å². The van der Waals surface area contributed by atoms with E-state index in [2.05, 4.69) is 20.3 Å². The summed E-state index contributed by atoms with van der Waals surface area (Å²) < 4.78 is 0. The summed E-state index contributed by atoms with van der Waals surface area (Å²) in [6.07, 6.45) is 4.91. The molecule has 3 rings (SSSR count). The first kappa shape index (κ1) is 12.4. The maximum Gasteiger partial charge on any atom is 0.258 e. The first-order valence-electron chi connectivity index (χ1n) is 5.91. The lowest BCUT2D eigenvalue weighted by molar-refractivity contribution is 0.102. The second-order valence-corrected chi connectivity index (χ2v) is 4.84. The van der Waals surface area contributed by atoms with Crippen LogP contribution in [0.2, 0.25) is 0 Å². The highest BCUT2D eigenvalue weighted by atomic mass is 32.1. The quantitative estimate of drug-likeness (QED) is 0.802. The van der Waals surface area contributed by atoms with Crippen LogP contribution in [0, 0.1) is 0 Å². The molecule has 20 heavy (non-hydrogen) atoms. The number of nitrogens with zero attached hydrogens (tertiary/aromatic N) is 3. The summed E-state index contributed by atoms with van der Waals surface area (Å²) in [6.45, 7) is 0. The summed E-state index contributed by atoms with van der Waals surface area (Å²) in [5, 5.41) is 5.49. The zero-order valence-corrected chi connectivity index (χ0v) is 11.2. The van der Waals surface area contributed by atoms with E-state index < -0.39 is 0 Å².